The highest BCUT2D eigenvalue weighted by Gasteiger charge is 2.43. The van der Waals surface area contributed by atoms with Gasteiger partial charge in [-0.3, -0.25) is 28.9 Å². The van der Waals surface area contributed by atoms with Gasteiger partial charge in [-0.1, -0.05) is 61.8 Å². The first-order valence-electron chi connectivity index (χ1n) is 18.1. The number of hydrogen-bond acceptors (Lipinski definition) is 8. The predicted octanol–water partition coefficient (Wildman–Crippen LogP) is 4.94. The molecule has 48 heavy (non-hydrogen) atoms. The van der Waals surface area contributed by atoms with Gasteiger partial charge in [0.1, 0.15) is 5.78 Å². The predicted molar refractivity (Wildman–Crippen MR) is 187 cm³/mol. The molecule has 1 rings (SSSR count). The van der Waals surface area contributed by atoms with Crippen molar-refractivity contribution in [1.82, 2.24) is 14.7 Å². The van der Waals surface area contributed by atoms with Crippen LogP contribution in [-0.2, 0) is 33.4 Å². The SMILES string of the molecule is CCC(=O)[C@H](C)[C@@H](OC)[C@@H]1CCCN1C(=O)C[C@@H](OC)[C@H]([C@@H](C)CC)N(C)C(=O)[C@@H](CC(=O)[C@H](C(C)C)N(C)CCCC(=O)O)C(C)C. The summed E-state index contributed by atoms with van der Waals surface area (Å²) in [5.74, 6) is -2.05. The van der Waals surface area contributed by atoms with Crippen LogP contribution in [0.3, 0.4) is 0 Å². The monoisotopic (exact) mass is 681 g/mol. The van der Waals surface area contributed by atoms with Gasteiger partial charge in [0.25, 0.3) is 0 Å². The molecule has 1 saturated heterocycles. The third kappa shape index (κ3) is 11.9. The standard InChI is InChI=1S/C37H67N3O8/c1-13-25(7)35(31(47-11)22-32(43)40-20-15-17-28(40)36(48-12)26(8)29(41)14-2)39(10)37(46)27(23(3)4)21-30(42)34(24(5)6)38(9)19-16-18-33(44)45/h23-28,31,34-36H,13-22H2,1-12H3,(H,44,45)/t25-,26-,27-,28-,31+,34-,35-,36+/m0/s1. The van der Waals surface area contributed by atoms with Crippen molar-refractivity contribution < 1.29 is 38.6 Å². The molecule has 1 aliphatic heterocycles. The van der Waals surface area contributed by atoms with Gasteiger partial charge in [-0.2, -0.15) is 0 Å². The number of Topliss-reactive ketones (excluding diaryl/α,β-unsaturated/α-hetero) is 2. The van der Waals surface area contributed by atoms with Crippen molar-refractivity contribution in [2.75, 3.05) is 41.4 Å². The molecule has 0 aliphatic carbocycles. The summed E-state index contributed by atoms with van der Waals surface area (Å²) >= 11 is 0. The van der Waals surface area contributed by atoms with Crippen LogP contribution in [0.25, 0.3) is 0 Å². The summed E-state index contributed by atoms with van der Waals surface area (Å²) < 4.78 is 11.8. The highest BCUT2D eigenvalue weighted by atomic mass is 16.5. The Kier molecular flexibility index (Phi) is 19.1. The fraction of sp³-hybridized carbons (Fsp3) is 0.865. The Labute approximate surface area is 290 Å². The molecule has 0 aromatic rings. The Hall–Kier alpha value is -2.37. The number of rotatable bonds is 23. The van der Waals surface area contributed by atoms with Crippen LogP contribution in [0.4, 0.5) is 0 Å². The molecule has 1 N–H and O–H groups in total. The van der Waals surface area contributed by atoms with Crippen LogP contribution in [0.5, 0.6) is 0 Å². The molecule has 1 aliphatic rings. The van der Waals surface area contributed by atoms with Crippen molar-refractivity contribution in [3.8, 4) is 0 Å². The Bertz CT molecular complexity index is 1050. The summed E-state index contributed by atoms with van der Waals surface area (Å²) in [4.78, 5) is 71.1. The van der Waals surface area contributed by atoms with E-state index in [1.807, 2.05) is 65.3 Å². The molecular weight excluding hydrogens is 614 g/mol. The lowest BCUT2D eigenvalue weighted by Gasteiger charge is -2.41. The van der Waals surface area contributed by atoms with Crippen LogP contribution in [0, 0.1) is 29.6 Å². The molecule has 0 aromatic heterocycles. The highest BCUT2D eigenvalue weighted by molar-refractivity contribution is 5.90. The van der Waals surface area contributed by atoms with Crippen LogP contribution in [0.15, 0.2) is 0 Å². The zero-order chi connectivity index (χ0) is 36.9. The molecule has 1 heterocycles. The fourth-order valence-corrected chi connectivity index (χ4v) is 7.61. The minimum Gasteiger partial charge on any atom is -0.481 e. The summed E-state index contributed by atoms with van der Waals surface area (Å²) in [6.45, 7) is 16.7. The second-order valence-electron chi connectivity index (χ2n) is 14.6. The topological polar surface area (TPSA) is 134 Å². The molecule has 0 spiro atoms. The lowest BCUT2D eigenvalue weighted by atomic mass is 9.83. The van der Waals surface area contributed by atoms with Crippen molar-refractivity contribution in [2.24, 2.45) is 29.6 Å². The van der Waals surface area contributed by atoms with Crippen molar-refractivity contribution in [2.45, 2.75) is 137 Å². The minimum atomic E-state index is -0.867. The second-order valence-corrected chi connectivity index (χ2v) is 14.6. The lowest BCUT2D eigenvalue weighted by molar-refractivity contribution is -0.149. The van der Waals surface area contributed by atoms with E-state index in [4.69, 9.17) is 14.6 Å². The maximum atomic E-state index is 14.3. The van der Waals surface area contributed by atoms with Crippen LogP contribution in [-0.4, -0.2) is 121 Å². The molecular formula is C37H67N3O8. The Morgan fingerprint density at radius 1 is 0.896 bits per heavy atom. The van der Waals surface area contributed by atoms with Crippen LogP contribution >= 0.6 is 0 Å². The number of carbonyl (C=O) groups excluding carboxylic acids is 4. The Morgan fingerprint density at radius 2 is 1.52 bits per heavy atom. The lowest BCUT2D eigenvalue weighted by Crippen LogP contribution is -2.54. The molecule has 8 atom stereocenters. The number of hydrogen-bond donors (Lipinski definition) is 1. The zero-order valence-electron chi connectivity index (χ0n) is 32.0. The summed E-state index contributed by atoms with van der Waals surface area (Å²) in [6.07, 6.45) is 2.39. The van der Waals surface area contributed by atoms with E-state index in [0.29, 0.717) is 25.9 Å². The van der Waals surface area contributed by atoms with E-state index < -0.39 is 36.2 Å². The van der Waals surface area contributed by atoms with Crippen molar-refractivity contribution >= 4 is 29.4 Å². The summed E-state index contributed by atoms with van der Waals surface area (Å²) in [6, 6.07) is -1.06. The van der Waals surface area contributed by atoms with Crippen LogP contribution < -0.4 is 0 Å². The van der Waals surface area contributed by atoms with Gasteiger partial charge in [-0.05, 0) is 50.6 Å². The number of ketones is 2. The molecule has 0 saturated carbocycles. The molecule has 11 nitrogen and oxygen atoms in total. The van der Waals surface area contributed by atoms with Gasteiger partial charge in [0.05, 0.1) is 36.8 Å². The molecule has 1 fully saturated rings. The number of aliphatic carboxylic acids is 1. The average molecular weight is 682 g/mol. The summed E-state index contributed by atoms with van der Waals surface area (Å²) in [5.41, 5.74) is 0. The first-order chi connectivity index (χ1) is 22.5. The van der Waals surface area contributed by atoms with Gasteiger partial charge in [-0.15, -0.1) is 0 Å². The molecule has 278 valence electrons. The number of carbonyl (C=O) groups is 5. The van der Waals surface area contributed by atoms with Crippen LogP contribution in [0.2, 0.25) is 0 Å². The number of amides is 2. The average Bonchev–Trinajstić information content (AvgIpc) is 3.51. The van der Waals surface area contributed by atoms with Crippen LogP contribution in [0.1, 0.15) is 107 Å². The quantitative estimate of drug-likeness (QED) is 0.159. The van der Waals surface area contributed by atoms with Gasteiger partial charge in [0.15, 0.2) is 5.78 Å². The smallest absolute Gasteiger partial charge is 0.303 e. The Balaban J connectivity index is 3.26. The normalized spacial score (nSPS) is 19.6. The number of likely N-dealkylation sites (tertiary alicyclic amines) is 1. The molecule has 0 bridgehead atoms. The van der Waals surface area contributed by atoms with E-state index in [0.717, 1.165) is 19.3 Å². The molecule has 11 heteroatoms. The van der Waals surface area contributed by atoms with Gasteiger partial charge < -0.3 is 24.4 Å². The van der Waals surface area contributed by atoms with Crippen molar-refractivity contribution in [3.63, 3.8) is 0 Å². The van der Waals surface area contributed by atoms with Crippen molar-refractivity contribution in [1.29, 1.82) is 0 Å². The number of nitrogens with zero attached hydrogens (tertiary/aromatic N) is 3. The number of carboxylic acid groups (broad SMARTS) is 1. The second kappa shape index (κ2) is 21.0. The number of ether oxygens (including phenoxy) is 2. The first-order valence-corrected chi connectivity index (χ1v) is 18.1. The highest BCUT2D eigenvalue weighted by Crippen LogP contribution is 2.31. The van der Waals surface area contributed by atoms with E-state index in [1.54, 1.807) is 26.2 Å². The third-order valence-electron chi connectivity index (χ3n) is 10.6. The number of methoxy groups -OCH3 is 2. The zero-order valence-corrected chi connectivity index (χ0v) is 32.0. The maximum Gasteiger partial charge on any atom is 0.303 e. The van der Waals surface area contributed by atoms with Gasteiger partial charge >= 0.3 is 5.97 Å². The number of likely N-dealkylation sites (N-methyl/N-ethyl adjacent to an activating group) is 2. The third-order valence-corrected chi connectivity index (χ3v) is 10.6. The van der Waals surface area contributed by atoms with E-state index in [1.165, 1.54) is 0 Å². The Morgan fingerprint density at radius 3 is 2.00 bits per heavy atom. The molecule has 0 radical (unpaired) electrons. The van der Waals surface area contributed by atoms with E-state index in [-0.39, 0.29) is 72.4 Å². The van der Waals surface area contributed by atoms with Gasteiger partial charge in [0.2, 0.25) is 11.8 Å². The number of carboxylic acids is 1. The summed E-state index contributed by atoms with van der Waals surface area (Å²) in [7, 11) is 6.76. The van der Waals surface area contributed by atoms with Crippen molar-refractivity contribution in [3.05, 3.63) is 0 Å². The maximum absolute atomic E-state index is 14.3. The molecule has 0 unspecified atom stereocenters. The summed E-state index contributed by atoms with van der Waals surface area (Å²) in [5, 5.41) is 9.05. The van der Waals surface area contributed by atoms with E-state index in [2.05, 4.69) is 6.92 Å². The van der Waals surface area contributed by atoms with Gasteiger partial charge in [-0.25, -0.2) is 0 Å². The van der Waals surface area contributed by atoms with Gasteiger partial charge in [0, 0.05) is 58.9 Å². The first kappa shape index (κ1) is 43.7. The molecule has 2 amide bonds. The van der Waals surface area contributed by atoms with E-state index >= 15 is 0 Å². The largest absolute Gasteiger partial charge is 0.481 e. The minimum absolute atomic E-state index is 0.00675. The molecule has 0 aromatic carbocycles. The fourth-order valence-electron chi connectivity index (χ4n) is 7.61. The van der Waals surface area contributed by atoms with E-state index in [9.17, 15) is 24.0 Å².